The smallest absolute Gasteiger partial charge is 0.358 e. The first-order valence-corrected chi connectivity index (χ1v) is 3.87. The van der Waals surface area contributed by atoms with E-state index in [-0.39, 0.29) is 11.4 Å². The topological polar surface area (TPSA) is 56.0 Å². The van der Waals surface area contributed by atoms with Crippen LogP contribution in [0.5, 0.6) is 0 Å². The van der Waals surface area contributed by atoms with Gasteiger partial charge in [-0.25, -0.2) is 0 Å². The fourth-order valence-corrected chi connectivity index (χ4v) is 1.07. The molecule has 0 aliphatic heterocycles. The molecule has 0 N–H and O–H groups in total. The van der Waals surface area contributed by atoms with Gasteiger partial charge in [0.1, 0.15) is 11.0 Å². The van der Waals surface area contributed by atoms with Gasteiger partial charge in [0, 0.05) is 0 Å². The van der Waals surface area contributed by atoms with Crippen LogP contribution >= 0.6 is 23.2 Å². The van der Waals surface area contributed by atoms with Gasteiger partial charge in [-0.1, -0.05) is 23.2 Å². The van der Waals surface area contributed by atoms with Gasteiger partial charge in [-0.2, -0.15) is 0 Å². The molecule has 1 rings (SSSR count). The van der Waals surface area contributed by atoms with Crippen LogP contribution in [0.2, 0.25) is 0 Å². The molecular weight excluding hydrogens is 203 g/mol. The molecule has 64 valence electrons. The number of aromatic nitrogens is 1. The highest BCUT2D eigenvalue weighted by atomic mass is 35.5. The van der Waals surface area contributed by atoms with Crippen molar-refractivity contribution in [2.45, 2.75) is 4.84 Å². The third-order valence-electron chi connectivity index (χ3n) is 1.22. The van der Waals surface area contributed by atoms with Gasteiger partial charge >= 0.3 is 5.82 Å². The van der Waals surface area contributed by atoms with E-state index in [1.54, 1.807) is 6.07 Å². The van der Waals surface area contributed by atoms with Crippen molar-refractivity contribution in [1.82, 2.24) is 4.98 Å². The second-order valence-corrected chi connectivity index (χ2v) is 3.07. The Labute approximate surface area is 78.3 Å². The monoisotopic (exact) mass is 206 g/mol. The molecule has 1 aromatic heterocycles. The van der Waals surface area contributed by atoms with Gasteiger partial charge in [0.2, 0.25) is 0 Å². The minimum Gasteiger partial charge on any atom is -0.358 e. The highest BCUT2D eigenvalue weighted by Gasteiger charge is 2.18. The number of rotatable bonds is 2. The standard InChI is InChI=1S/C6H4Cl2N2O2/c7-5(8)4-2-1-3-9-6(4)10(11)12/h1-3,5H. The normalized spacial score (nSPS) is 10.2. The van der Waals surface area contributed by atoms with Gasteiger partial charge in [0.25, 0.3) is 0 Å². The van der Waals surface area contributed by atoms with Crippen molar-refractivity contribution in [3.8, 4) is 0 Å². The van der Waals surface area contributed by atoms with Crippen LogP contribution in [0, 0.1) is 10.1 Å². The molecule has 0 spiro atoms. The molecule has 4 nitrogen and oxygen atoms in total. The molecule has 0 amide bonds. The van der Waals surface area contributed by atoms with E-state index in [0.29, 0.717) is 0 Å². The number of hydrogen-bond donors (Lipinski definition) is 0. The molecule has 0 unspecified atom stereocenters. The lowest BCUT2D eigenvalue weighted by Gasteiger charge is -2.00. The molecule has 0 radical (unpaired) electrons. The van der Waals surface area contributed by atoms with Crippen molar-refractivity contribution in [2.75, 3.05) is 0 Å². The van der Waals surface area contributed by atoms with Crippen LogP contribution in [-0.2, 0) is 0 Å². The van der Waals surface area contributed by atoms with Crippen LogP contribution in [0.3, 0.4) is 0 Å². The van der Waals surface area contributed by atoms with Crippen molar-refractivity contribution >= 4 is 29.0 Å². The molecule has 0 saturated carbocycles. The van der Waals surface area contributed by atoms with Crippen LogP contribution in [0.1, 0.15) is 10.4 Å². The largest absolute Gasteiger partial charge is 0.369 e. The van der Waals surface area contributed by atoms with E-state index >= 15 is 0 Å². The molecule has 1 aromatic rings. The molecule has 6 heteroatoms. The number of halogens is 2. The zero-order chi connectivity index (χ0) is 9.14. The van der Waals surface area contributed by atoms with E-state index in [0.717, 1.165) is 0 Å². The predicted octanol–water partition coefficient (Wildman–Crippen LogP) is 2.47. The van der Waals surface area contributed by atoms with Crippen LogP contribution in [-0.4, -0.2) is 9.91 Å². The number of hydrogen-bond acceptors (Lipinski definition) is 3. The Kier molecular flexibility index (Phi) is 2.83. The maximum Gasteiger partial charge on any atom is 0.369 e. The molecule has 12 heavy (non-hydrogen) atoms. The summed E-state index contributed by atoms with van der Waals surface area (Å²) >= 11 is 10.9. The van der Waals surface area contributed by atoms with Gasteiger partial charge in [-0.15, -0.1) is 0 Å². The molecule has 0 aliphatic rings. The molecular formula is C6H4Cl2N2O2. The van der Waals surface area contributed by atoms with Crippen LogP contribution in [0.4, 0.5) is 5.82 Å². The summed E-state index contributed by atoms with van der Waals surface area (Å²) < 4.78 is 0. The first-order chi connectivity index (χ1) is 5.63. The fraction of sp³-hybridized carbons (Fsp3) is 0.167. The molecule has 0 saturated heterocycles. The van der Waals surface area contributed by atoms with Gasteiger partial charge in [-0.3, -0.25) is 0 Å². The molecule has 0 bridgehead atoms. The van der Waals surface area contributed by atoms with Crippen molar-refractivity contribution in [3.63, 3.8) is 0 Å². The van der Waals surface area contributed by atoms with Crippen LogP contribution in [0.15, 0.2) is 18.3 Å². The lowest BCUT2D eigenvalue weighted by Crippen LogP contribution is -1.97. The Bertz CT molecular complexity index is 303. The molecule has 0 aromatic carbocycles. The van der Waals surface area contributed by atoms with E-state index in [1.807, 2.05) is 0 Å². The average molecular weight is 207 g/mol. The Hall–Kier alpha value is -0.870. The Morgan fingerprint density at radius 1 is 1.58 bits per heavy atom. The second-order valence-electron chi connectivity index (χ2n) is 1.97. The predicted molar refractivity (Wildman–Crippen MR) is 45.3 cm³/mol. The summed E-state index contributed by atoms with van der Waals surface area (Å²) in [6, 6.07) is 3.01. The number of alkyl halides is 2. The van der Waals surface area contributed by atoms with Crippen molar-refractivity contribution < 1.29 is 4.92 Å². The number of nitrogens with zero attached hydrogens (tertiary/aromatic N) is 2. The summed E-state index contributed by atoms with van der Waals surface area (Å²) in [5.74, 6) is -0.299. The van der Waals surface area contributed by atoms with Crippen LogP contribution < -0.4 is 0 Å². The molecule has 0 aliphatic carbocycles. The minimum atomic E-state index is -0.918. The van der Waals surface area contributed by atoms with E-state index in [4.69, 9.17) is 23.2 Å². The third-order valence-corrected chi connectivity index (χ3v) is 1.70. The maximum absolute atomic E-state index is 10.4. The van der Waals surface area contributed by atoms with Gasteiger partial charge in [0.05, 0.1) is 5.56 Å². The highest BCUT2D eigenvalue weighted by Crippen LogP contribution is 2.30. The third kappa shape index (κ3) is 1.84. The summed E-state index contributed by atoms with van der Waals surface area (Å²) in [4.78, 5) is 12.3. The fourth-order valence-electron chi connectivity index (χ4n) is 0.732. The highest BCUT2D eigenvalue weighted by molar-refractivity contribution is 6.44. The first kappa shape index (κ1) is 9.22. The van der Waals surface area contributed by atoms with E-state index in [2.05, 4.69) is 4.98 Å². The van der Waals surface area contributed by atoms with Crippen molar-refractivity contribution in [2.24, 2.45) is 0 Å². The lowest BCUT2D eigenvalue weighted by atomic mass is 10.3. The zero-order valence-electron chi connectivity index (χ0n) is 5.78. The zero-order valence-corrected chi connectivity index (χ0v) is 7.29. The number of pyridine rings is 1. The van der Waals surface area contributed by atoms with Crippen molar-refractivity contribution in [1.29, 1.82) is 0 Å². The van der Waals surface area contributed by atoms with E-state index in [9.17, 15) is 10.1 Å². The Balaban J connectivity index is 3.17. The lowest BCUT2D eigenvalue weighted by molar-refractivity contribution is -0.390. The Morgan fingerprint density at radius 2 is 2.25 bits per heavy atom. The Morgan fingerprint density at radius 3 is 2.67 bits per heavy atom. The van der Waals surface area contributed by atoms with Crippen LogP contribution in [0.25, 0.3) is 0 Å². The summed E-state index contributed by atoms with van der Waals surface area (Å²) in [6.07, 6.45) is 1.32. The minimum absolute atomic E-state index is 0.214. The summed E-state index contributed by atoms with van der Waals surface area (Å²) in [5, 5.41) is 10.4. The maximum atomic E-state index is 10.4. The van der Waals surface area contributed by atoms with Gasteiger partial charge in [-0.05, 0) is 22.0 Å². The SMILES string of the molecule is O=[N+]([O-])c1ncccc1C(Cl)Cl. The van der Waals surface area contributed by atoms with Crippen molar-refractivity contribution in [3.05, 3.63) is 34.0 Å². The molecule has 0 atom stereocenters. The molecule has 0 fully saturated rings. The van der Waals surface area contributed by atoms with Gasteiger partial charge in [0.15, 0.2) is 0 Å². The average Bonchev–Trinajstić information content (AvgIpc) is 2.04. The summed E-state index contributed by atoms with van der Waals surface area (Å²) in [7, 11) is 0. The van der Waals surface area contributed by atoms with E-state index in [1.165, 1.54) is 12.3 Å². The second kappa shape index (κ2) is 3.69. The van der Waals surface area contributed by atoms with E-state index < -0.39 is 9.76 Å². The number of nitro groups is 1. The summed E-state index contributed by atoms with van der Waals surface area (Å²) in [6.45, 7) is 0. The quantitative estimate of drug-likeness (QED) is 0.425. The van der Waals surface area contributed by atoms with Gasteiger partial charge < -0.3 is 10.1 Å². The molecule has 1 heterocycles. The summed E-state index contributed by atoms with van der Waals surface area (Å²) in [5.41, 5.74) is 0.214. The first-order valence-electron chi connectivity index (χ1n) is 3.00.